The molecule has 2 saturated heterocycles. The van der Waals surface area contributed by atoms with Crippen LogP contribution in [0.1, 0.15) is 95.9 Å². The molecule has 4 rings (SSSR count). The van der Waals surface area contributed by atoms with Gasteiger partial charge in [0.1, 0.15) is 23.3 Å². The number of carbonyl (C=O) groups is 6. The molecule has 15 nitrogen and oxygen atoms in total. The second-order valence-electron chi connectivity index (χ2n) is 19.1. The average Bonchev–Trinajstić information content (AvgIpc) is 3.58. The van der Waals surface area contributed by atoms with Gasteiger partial charge in [0, 0.05) is 12.5 Å². The summed E-state index contributed by atoms with van der Waals surface area (Å²) < 4.78 is 31.1. The Kier molecular flexibility index (Phi) is 20.0. The minimum absolute atomic E-state index is 0. The summed E-state index contributed by atoms with van der Waals surface area (Å²) in [4.78, 5) is 73.9. The molecule has 0 aromatic carbocycles. The molecule has 344 valence electrons. The molecule has 10 atom stereocenters. The van der Waals surface area contributed by atoms with Crippen LogP contribution in [-0.2, 0) is 57.2 Å². The lowest BCUT2D eigenvalue weighted by Crippen LogP contribution is -2.50. The molecule has 0 spiro atoms. The number of nitrogens with one attached hydrogen (secondary N) is 1. The first-order chi connectivity index (χ1) is 27.1. The van der Waals surface area contributed by atoms with Crippen molar-refractivity contribution < 1.29 is 62.3 Å². The summed E-state index contributed by atoms with van der Waals surface area (Å²) in [7, 11) is 2.79. The van der Waals surface area contributed by atoms with E-state index in [0.29, 0.717) is 23.8 Å². The van der Waals surface area contributed by atoms with Gasteiger partial charge in [-0.05, 0) is 90.5 Å². The van der Waals surface area contributed by atoms with Crippen LogP contribution in [0, 0.1) is 46.3 Å². The standard InChI is InChI=1S/C22H35NO6.C13H22O5.C9H15NO2.ClH/c1-9-10-28-13(2)14(11-16(24)29-21(3,4)5)19(25)23-12-15-17(22(15,6)7)18(23)20(26)27-8;1-6-7-17-9(2)10(12(15)16)8-11(14)18-13(3,4)5;1-9(2)5-4-10-7(6(5)9)8(11)12-3;/h9,13-15,17-18H,1,10-12H2,2-8H3;6,9-10H,1,7-8H2,2-5H3,(H,15,16);5-7,10H,4H2,1-3H3;1H/t13-,14-,15-,17-,18-;9-,10-;5-,6-,7-;/m000./s1. The number of aliphatic carboxylic acids is 1. The number of piperidine rings is 2. The van der Waals surface area contributed by atoms with E-state index in [9.17, 15) is 28.8 Å². The number of carboxylic acid groups (broad SMARTS) is 1. The SMILES string of the molecule is C=CCO[C@@H](C)[C@H](CC(=O)OC(C)(C)C)C(=O)N1C[C@H]2[C@@H]([C@H]1C(=O)OC)C2(C)C.C=CCO[C@@H](C)[C@H](CC(=O)OC(C)(C)C)C(=O)O.COC(=O)[C@H]1NC[C@H]2[C@@H]1C2(C)C.Cl. The van der Waals surface area contributed by atoms with Gasteiger partial charge in [-0.2, -0.15) is 0 Å². The maximum atomic E-state index is 13.5. The molecule has 0 bridgehead atoms. The predicted octanol–water partition coefficient (Wildman–Crippen LogP) is 5.42. The van der Waals surface area contributed by atoms with E-state index >= 15 is 0 Å². The van der Waals surface area contributed by atoms with E-state index in [1.807, 2.05) is 0 Å². The van der Waals surface area contributed by atoms with Gasteiger partial charge in [0.2, 0.25) is 5.91 Å². The van der Waals surface area contributed by atoms with Crippen molar-refractivity contribution in [3.8, 4) is 0 Å². The topological polar surface area (TPSA) is 193 Å². The van der Waals surface area contributed by atoms with Crippen LogP contribution in [0.2, 0.25) is 0 Å². The monoisotopic (exact) mass is 872 g/mol. The van der Waals surface area contributed by atoms with Crippen LogP contribution >= 0.6 is 12.4 Å². The first kappa shape index (κ1) is 54.5. The molecule has 4 fully saturated rings. The van der Waals surface area contributed by atoms with Crippen LogP contribution in [0.15, 0.2) is 25.3 Å². The van der Waals surface area contributed by atoms with Gasteiger partial charge in [0.25, 0.3) is 0 Å². The molecule has 0 radical (unpaired) electrons. The number of amides is 1. The summed E-state index contributed by atoms with van der Waals surface area (Å²) >= 11 is 0. The van der Waals surface area contributed by atoms with E-state index in [0.717, 1.165) is 6.54 Å². The summed E-state index contributed by atoms with van der Waals surface area (Å²) in [6.07, 6.45) is 1.70. The van der Waals surface area contributed by atoms with Crippen LogP contribution < -0.4 is 5.32 Å². The number of methoxy groups -OCH3 is 2. The van der Waals surface area contributed by atoms with E-state index < -0.39 is 65.2 Å². The zero-order valence-electron chi connectivity index (χ0n) is 38.3. The van der Waals surface area contributed by atoms with Crippen molar-refractivity contribution in [1.82, 2.24) is 10.2 Å². The van der Waals surface area contributed by atoms with Crippen molar-refractivity contribution >= 4 is 48.2 Å². The highest BCUT2D eigenvalue weighted by atomic mass is 35.5. The Labute approximate surface area is 363 Å². The Morgan fingerprint density at radius 3 is 1.57 bits per heavy atom. The fourth-order valence-corrected chi connectivity index (χ4v) is 8.40. The van der Waals surface area contributed by atoms with Gasteiger partial charge in [0.15, 0.2) is 0 Å². The molecule has 0 unspecified atom stereocenters. The number of rotatable bonds is 16. The smallest absolute Gasteiger partial charge is 0.328 e. The van der Waals surface area contributed by atoms with Gasteiger partial charge < -0.3 is 43.7 Å². The molecule has 1 amide bonds. The fraction of sp³-hybridized carbons (Fsp3) is 0.773. The molecule has 2 aliphatic carbocycles. The lowest BCUT2D eigenvalue weighted by atomic mass is 9.94. The number of halogens is 1. The van der Waals surface area contributed by atoms with E-state index in [2.05, 4.69) is 46.2 Å². The Morgan fingerprint density at radius 1 is 0.750 bits per heavy atom. The molecular formula is C44H73ClN2O13. The highest BCUT2D eigenvalue weighted by Crippen LogP contribution is 2.65. The van der Waals surface area contributed by atoms with E-state index in [1.165, 1.54) is 20.3 Å². The quantitative estimate of drug-likeness (QED) is 0.114. The number of carboxylic acids is 1. The van der Waals surface area contributed by atoms with Crippen molar-refractivity contribution in [2.75, 3.05) is 40.5 Å². The lowest BCUT2D eigenvalue weighted by Gasteiger charge is -2.34. The van der Waals surface area contributed by atoms with Crippen LogP contribution in [0.5, 0.6) is 0 Å². The van der Waals surface area contributed by atoms with Gasteiger partial charge in [-0.15, -0.1) is 25.6 Å². The van der Waals surface area contributed by atoms with Crippen molar-refractivity contribution in [3.63, 3.8) is 0 Å². The van der Waals surface area contributed by atoms with Gasteiger partial charge >= 0.3 is 29.8 Å². The van der Waals surface area contributed by atoms with Crippen LogP contribution in [0.3, 0.4) is 0 Å². The second-order valence-corrected chi connectivity index (χ2v) is 19.1. The second kappa shape index (κ2) is 22.0. The number of nitrogens with zero attached hydrogens (tertiary/aromatic N) is 1. The number of hydrogen-bond donors (Lipinski definition) is 2. The van der Waals surface area contributed by atoms with Gasteiger partial charge in [0.05, 0.1) is 64.3 Å². The number of ether oxygens (including phenoxy) is 6. The molecule has 2 aliphatic heterocycles. The Hall–Kier alpha value is -3.53. The molecule has 2 N–H and O–H groups in total. The largest absolute Gasteiger partial charge is 0.481 e. The molecule has 60 heavy (non-hydrogen) atoms. The molecule has 0 aromatic rings. The highest BCUT2D eigenvalue weighted by Gasteiger charge is 2.70. The Morgan fingerprint density at radius 2 is 1.18 bits per heavy atom. The maximum absolute atomic E-state index is 13.5. The van der Waals surface area contributed by atoms with Gasteiger partial charge in [-0.25, -0.2) is 4.79 Å². The zero-order valence-corrected chi connectivity index (χ0v) is 39.1. The third kappa shape index (κ3) is 14.5. The van der Waals surface area contributed by atoms with E-state index in [4.69, 9.17) is 33.5 Å². The van der Waals surface area contributed by atoms with Crippen molar-refractivity contribution in [1.29, 1.82) is 0 Å². The average molecular weight is 874 g/mol. The summed E-state index contributed by atoms with van der Waals surface area (Å²) in [5.41, 5.74) is -0.916. The van der Waals surface area contributed by atoms with Crippen molar-refractivity contribution in [2.24, 2.45) is 46.3 Å². The Balaban J connectivity index is 0.000000493. The number of carbonyl (C=O) groups excluding carboxylic acids is 5. The van der Waals surface area contributed by atoms with Crippen LogP contribution in [0.25, 0.3) is 0 Å². The number of fused-ring (bicyclic) bond motifs is 2. The summed E-state index contributed by atoms with van der Waals surface area (Å²) in [5, 5.41) is 12.3. The van der Waals surface area contributed by atoms with E-state index in [-0.39, 0.29) is 73.6 Å². The summed E-state index contributed by atoms with van der Waals surface area (Å²) in [5.74, 6) is -3.02. The number of hydrogen-bond acceptors (Lipinski definition) is 13. The van der Waals surface area contributed by atoms with Gasteiger partial charge in [-0.3, -0.25) is 24.0 Å². The molecule has 16 heteroatoms. The first-order valence-electron chi connectivity index (χ1n) is 20.4. The molecular weight excluding hydrogens is 800 g/mol. The lowest BCUT2D eigenvalue weighted by molar-refractivity contribution is -0.163. The zero-order chi connectivity index (χ0) is 45.4. The molecule has 2 heterocycles. The predicted molar refractivity (Wildman–Crippen MR) is 227 cm³/mol. The third-order valence-electron chi connectivity index (χ3n) is 11.8. The normalized spacial score (nSPS) is 25.8. The molecule has 4 aliphatic rings. The third-order valence-corrected chi connectivity index (χ3v) is 11.8. The molecule has 0 aromatic heterocycles. The first-order valence-corrected chi connectivity index (χ1v) is 20.4. The number of likely N-dealkylation sites (tertiary alicyclic amines) is 1. The van der Waals surface area contributed by atoms with E-state index in [1.54, 1.807) is 66.4 Å². The summed E-state index contributed by atoms with van der Waals surface area (Å²) in [6, 6.07) is -0.671. The summed E-state index contributed by atoms with van der Waals surface area (Å²) in [6.45, 7) is 31.6. The van der Waals surface area contributed by atoms with Crippen LogP contribution in [0.4, 0.5) is 0 Å². The minimum atomic E-state index is -1.07. The maximum Gasteiger partial charge on any atom is 0.328 e. The van der Waals surface area contributed by atoms with Crippen molar-refractivity contribution in [2.45, 2.75) is 131 Å². The van der Waals surface area contributed by atoms with Gasteiger partial charge in [-0.1, -0.05) is 39.8 Å². The Bertz CT molecular complexity index is 1530. The number of esters is 4. The minimum Gasteiger partial charge on any atom is -0.481 e. The fourth-order valence-electron chi connectivity index (χ4n) is 8.40. The molecule has 2 saturated carbocycles. The highest BCUT2D eigenvalue weighted by molar-refractivity contribution is 5.90. The van der Waals surface area contributed by atoms with Crippen LogP contribution in [-0.4, -0.2) is 122 Å². The van der Waals surface area contributed by atoms with Crippen molar-refractivity contribution in [3.05, 3.63) is 25.3 Å².